The van der Waals surface area contributed by atoms with Crippen LogP contribution in [0.2, 0.25) is 0 Å². The fourth-order valence-electron chi connectivity index (χ4n) is 2.63. The van der Waals surface area contributed by atoms with Crippen molar-refractivity contribution in [3.8, 4) is 0 Å². The number of nitrogens with zero attached hydrogens (tertiary/aromatic N) is 1. The number of β-amino-alcohol motifs (C(OH)–C–C–N with tert-alkyl or cyclic N) is 1. The predicted molar refractivity (Wildman–Crippen MR) is 66.1 cm³/mol. The molecule has 18 heavy (non-hydrogen) atoms. The molecule has 0 saturated carbocycles. The summed E-state index contributed by atoms with van der Waals surface area (Å²) >= 11 is 0. The van der Waals surface area contributed by atoms with E-state index in [9.17, 15) is 13.9 Å². The van der Waals surface area contributed by atoms with E-state index in [2.05, 4.69) is 18.7 Å². The van der Waals surface area contributed by atoms with E-state index in [1.54, 1.807) is 0 Å². The van der Waals surface area contributed by atoms with Crippen molar-refractivity contribution in [3.63, 3.8) is 0 Å². The second kappa shape index (κ2) is 4.94. The molecule has 0 aromatic heterocycles. The zero-order chi connectivity index (χ0) is 13.3. The van der Waals surface area contributed by atoms with Crippen molar-refractivity contribution in [2.24, 2.45) is 5.92 Å². The van der Waals surface area contributed by atoms with Gasteiger partial charge in [-0.3, -0.25) is 4.90 Å². The highest BCUT2D eigenvalue weighted by Crippen LogP contribution is 2.33. The van der Waals surface area contributed by atoms with Crippen molar-refractivity contribution in [3.05, 3.63) is 35.4 Å². The minimum Gasteiger partial charge on any atom is -0.384 e. The SMILES string of the molecule is CC(C)CN1CCC(O)(c2ccc(F)cc2F)C1. The van der Waals surface area contributed by atoms with E-state index >= 15 is 0 Å². The second-order valence-electron chi connectivity index (χ2n) is 5.53. The molecule has 2 nitrogen and oxygen atoms in total. The first-order valence-corrected chi connectivity index (χ1v) is 6.31. The maximum absolute atomic E-state index is 13.7. The molecule has 100 valence electrons. The molecule has 1 saturated heterocycles. The van der Waals surface area contributed by atoms with E-state index in [4.69, 9.17) is 0 Å². The Labute approximate surface area is 106 Å². The summed E-state index contributed by atoms with van der Waals surface area (Å²) in [6.45, 7) is 6.25. The van der Waals surface area contributed by atoms with Crippen molar-refractivity contribution in [2.45, 2.75) is 25.9 Å². The van der Waals surface area contributed by atoms with E-state index in [-0.39, 0.29) is 5.56 Å². The molecule has 0 aliphatic carbocycles. The van der Waals surface area contributed by atoms with Crippen LogP contribution in [0.3, 0.4) is 0 Å². The van der Waals surface area contributed by atoms with Gasteiger partial charge < -0.3 is 5.11 Å². The van der Waals surface area contributed by atoms with Crippen LogP contribution in [0.4, 0.5) is 8.78 Å². The van der Waals surface area contributed by atoms with Crippen LogP contribution >= 0.6 is 0 Å². The van der Waals surface area contributed by atoms with Crippen molar-refractivity contribution >= 4 is 0 Å². The summed E-state index contributed by atoms with van der Waals surface area (Å²) in [5.74, 6) is -0.772. The van der Waals surface area contributed by atoms with Crippen LogP contribution in [0.15, 0.2) is 18.2 Å². The van der Waals surface area contributed by atoms with Gasteiger partial charge in [0.2, 0.25) is 0 Å². The Morgan fingerprint density at radius 1 is 1.39 bits per heavy atom. The average molecular weight is 255 g/mol. The average Bonchev–Trinajstić information content (AvgIpc) is 2.59. The van der Waals surface area contributed by atoms with Crippen LogP contribution in [-0.2, 0) is 5.60 Å². The first-order chi connectivity index (χ1) is 8.40. The summed E-state index contributed by atoms with van der Waals surface area (Å²) in [6, 6.07) is 3.38. The normalized spacial score (nSPS) is 25.0. The van der Waals surface area contributed by atoms with E-state index in [0.29, 0.717) is 18.9 Å². The number of benzene rings is 1. The Morgan fingerprint density at radius 2 is 2.11 bits per heavy atom. The third-order valence-electron chi connectivity index (χ3n) is 3.38. The molecule has 1 N–H and O–H groups in total. The lowest BCUT2D eigenvalue weighted by atomic mass is 9.92. The Hall–Kier alpha value is -1.00. The minimum absolute atomic E-state index is 0.204. The Kier molecular flexibility index (Phi) is 3.69. The second-order valence-corrected chi connectivity index (χ2v) is 5.53. The lowest BCUT2D eigenvalue weighted by Gasteiger charge is -2.25. The monoisotopic (exact) mass is 255 g/mol. The highest BCUT2D eigenvalue weighted by Gasteiger charge is 2.39. The third-order valence-corrected chi connectivity index (χ3v) is 3.38. The third kappa shape index (κ3) is 2.70. The van der Waals surface area contributed by atoms with Crippen molar-refractivity contribution in [1.82, 2.24) is 4.90 Å². The predicted octanol–water partition coefficient (Wildman–Crippen LogP) is 2.51. The molecule has 1 fully saturated rings. The van der Waals surface area contributed by atoms with Crippen LogP contribution < -0.4 is 0 Å². The molecule has 0 spiro atoms. The van der Waals surface area contributed by atoms with E-state index in [1.165, 1.54) is 12.1 Å². The number of hydrogen-bond donors (Lipinski definition) is 1. The van der Waals surface area contributed by atoms with Crippen LogP contribution in [0.25, 0.3) is 0 Å². The molecule has 0 radical (unpaired) electrons. The van der Waals surface area contributed by atoms with E-state index < -0.39 is 17.2 Å². The van der Waals surface area contributed by atoms with Crippen LogP contribution in [0.5, 0.6) is 0 Å². The first kappa shape index (κ1) is 13.4. The topological polar surface area (TPSA) is 23.5 Å². The Bertz CT molecular complexity index is 436. The van der Waals surface area contributed by atoms with Gasteiger partial charge in [0.25, 0.3) is 0 Å². The first-order valence-electron chi connectivity index (χ1n) is 6.31. The molecule has 1 atom stereocenters. The fraction of sp³-hybridized carbons (Fsp3) is 0.571. The van der Waals surface area contributed by atoms with Gasteiger partial charge in [-0.1, -0.05) is 19.9 Å². The van der Waals surface area contributed by atoms with Crippen LogP contribution in [0.1, 0.15) is 25.8 Å². The molecule has 0 bridgehead atoms. The highest BCUT2D eigenvalue weighted by molar-refractivity contribution is 5.26. The molecule has 2 rings (SSSR count). The van der Waals surface area contributed by atoms with E-state index in [1.807, 2.05) is 0 Å². The summed E-state index contributed by atoms with van der Waals surface area (Å²) in [4.78, 5) is 2.12. The fourth-order valence-corrected chi connectivity index (χ4v) is 2.63. The van der Waals surface area contributed by atoms with Gasteiger partial charge in [0.1, 0.15) is 17.2 Å². The standard InChI is InChI=1S/C14H19F2NO/c1-10(2)8-17-6-5-14(18,9-17)12-4-3-11(15)7-13(12)16/h3-4,7,10,18H,5-6,8-9H2,1-2H3. The van der Waals surface area contributed by atoms with Crippen molar-refractivity contribution in [1.29, 1.82) is 0 Å². The maximum atomic E-state index is 13.7. The molecule has 1 unspecified atom stereocenters. The minimum atomic E-state index is -1.19. The molecular formula is C14H19F2NO. The van der Waals surface area contributed by atoms with Gasteiger partial charge in [-0.15, -0.1) is 0 Å². The van der Waals surface area contributed by atoms with Gasteiger partial charge in [0.15, 0.2) is 0 Å². The van der Waals surface area contributed by atoms with Gasteiger partial charge in [0, 0.05) is 31.3 Å². The summed E-state index contributed by atoms with van der Waals surface area (Å²) in [7, 11) is 0. The number of hydrogen-bond acceptors (Lipinski definition) is 2. The zero-order valence-corrected chi connectivity index (χ0v) is 10.8. The Balaban J connectivity index is 2.17. The zero-order valence-electron chi connectivity index (χ0n) is 10.8. The molecule has 1 heterocycles. The van der Waals surface area contributed by atoms with Gasteiger partial charge >= 0.3 is 0 Å². The maximum Gasteiger partial charge on any atom is 0.132 e. The molecular weight excluding hydrogens is 236 g/mol. The van der Waals surface area contributed by atoms with Gasteiger partial charge in [0.05, 0.1) is 0 Å². The number of rotatable bonds is 3. The molecule has 1 aliphatic heterocycles. The molecule has 0 amide bonds. The number of likely N-dealkylation sites (tertiary alicyclic amines) is 1. The lowest BCUT2D eigenvalue weighted by molar-refractivity contribution is 0.0413. The van der Waals surface area contributed by atoms with Gasteiger partial charge in [-0.2, -0.15) is 0 Å². The number of halogens is 2. The molecule has 1 aliphatic rings. The summed E-state index contributed by atoms with van der Waals surface area (Å²) in [6.07, 6.45) is 0.488. The smallest absolute Gasteiger partial charge is 0.132 e. The van der Waals surface area contributed by atoms with Crippen molar-refractivity contribution < 1.29 is 13.9 Å². The Morgan fingerprint density at radius 3 is 2.72 bits per heavy atom. The summed E-state index contributed by atoms with van der Waals surface area (Å²) in [5, 5.41) is 10.5. The highest BCUT2D eigenvalue weighted by atomic mass is 19.1. The van der Waals surface area contributed by atoms with Crippen molar-refractivity contribution in [2.75, 3.05) is 19.6 Å². The largest absolute Gasteiger partial charge is 0.384 e. The lowest BCUT2D eigenvalue weighted by Crippen LogP contribution is -2.33. The van der Waals surface area contributed by atoms with Crippen LogP contribution in [0, 0.1) is 17.6 Å². The molecule has 4 heteroatoms. The quantitative estimate of drug-likeness (QED) is 0.897. The van der Waals surface area contributed by atoms with E-state index in [0.717, 1.165) is 19.2 Å². The summed E-state index contributed by atoms with van der Waals surface area (Å²) < 4.78 is 26.6. The van der Waals surface area contributed by atoms with Crippen LogP contribution in [-0.4, -0.2) is 29.6 Å². The molecule has 1 aromatic carbocycles. The molecule has 1 aromatic rings. The van der Waals surface area contributed by atoms with Gasteiger partial charge in [-0.05, 0) is 18.4 Å². The number of aliphatic hydroxyl groups is 1. The summed E-state index contributed by atoms with van der Waals surface area (Å²) in [5.41, 5.74) is -0.984. The van der Waals surface area contributed by atoms with Gasteiger partial charge in [-0.25, -0.2) is 8.78 Å².